The Morgan fingerprint density at radius 2 is 2.20 bits per heavy atom. The molecular formula is C4H5ClN3NaS. The Balaban J connectivity index is 0.000000810. The number of nitrogens with zero attached hydrogens (tertiary/aromatic N) is 2. The molecule has 0 aliphatic heterocycles. The predicted octanol–water partition coefficient (Wildman–Crippen LogP) is 0.352. The van der Waals surface area contributed by atoms with Gasteiger partial charge >= 0.3 is 29.6 Å². The van der Waals surface area contributed by atoms with Crippen molar-refractivity contribution in [1.29, 1.82) is 0 Å². The Kier molecular flexibility index (Phi) is 4.64. The molecule has 0 aromatic carbocycles. The second-order valence-corrected chi connectivity index (χ2v) is 2.21. The third-order valence-corrected chi connectivity index (χ3v) is 1.28. The van der Waals surface area contributed by atoms with Crippen molar-refractivity contribution in [2.24, 2.45) is 0 Å². The van der Waals surface area contributed by atoms with E-state index in [1.165, 1.54) is 6.20 Å². The maximum absolute atomic E-state index is 5.43. The van der Waals surface area contributed by atoms with Crippen molar-refractivity contribution < 1.29 is 0 Å². The normalized spacial score (nSPS) is 8.60. The SMILES string of the molecule is Nc1nc(Cl)cnc1S.[NaH]. The third-order valence-electron chi connectivity index (χ3n) is 0.750. The summed E-state index contributed by atoms with van der Waals surface area (Å²) in [5.74, 6) is 0.255. The number of hydrogen-bond acceptors (Lipinski definition) is 4. The van der Waals surface area contributed by atoms with Crippen molar-refractivity contribution in [3.63, 3.8) is 0 Å². The van der Waals surface area contributed by atoms with Crippen molar-refractivity contribution in [1.82, 2.24) is 9.97 Å². The zero-order valence-electron chi connectivity index (χ0n) is 4.37. The van der Waals surface area contributed by atoms with E-state index in [9.17, 15) is 0 Å². The molecule has 0 saturated carbocycles. The van der Waals surface area contributed by atoms with Gasteiger partial charge < -0.3 is 5.73 Å². The van der Waals surface area contributed by atoms with Gasteiger partial charge in [-0.15, -0.1) is 12.6 Å². The summed E-state index contributed by atoms with van der Waals surface area (Å²) >= 11 is 9.32. The molecule has 0 saturated heterocycles. The molecule has 0 atom stereocenters. The molecule has 0 radical (unpaired) electrons. The van der Waals surface area contributed by atoms with Gasteiger partial charge in [-0.2, -0.15) is 0 Å². The van der Waals surface area contributed by atoms with E-state index in [0.29, 0.717) is 5.03 Å². The third kappa shape index (κ3) is 2.64. The summed E-state index contributed by atoms with van der Waals surface area (Å²) < 4.78 is 0. The van der Waals surface area contributed by atoms with Gasteiger partial charge in [0.2, 0.25) is 0 Å². The number of nitrogen functional groups attached to an aromatic ring is 1. The zero-order chi connectivity index (χ0) is 6.85. The van der Waals surface area contributed by atoms with Gasteiger partial charge in [0, 0.05) is 0 Å². The van der Waals surface area contributed by atoms with E-state index in [4.69, 9.17) is 17.3 Å². The Morgan fingerprint density at radius 3 is 2.60 bits per heavy atom. The van der Waals surface area contributed by atoms with Crippen LogP contribution in [0.2, 0.25) is 5.15 Å². The van der Waals surface area contributed by atoms with E-state index in [0.717, 1.165) is 0 Å². The van der Waals surface area contributed by atoms with Gasteiger partial charge in [-0.25, -0.2) is 9.97 Å². The minimum atomic E-state index is 0. The molecule has 0 bridgehead atoms. The van der Waals surface area contributed by atoms with E-state index in [1.54, 1.807) is 0 Å². The van der Waals surface area contributed by atoms with Crippen LogP contribution in [0.15, 0.2) is 11.2 Å². The second kappa shape index (κ2) is 4.41. The first-order valence-corrected chi connectivity index (χ1v) is 2.99. The molecule has 6 heteroatoms. The molecular weight excluding hydrogens is 181 g/mol. The van der Waals surface area contributed by atoms with Crippen LogP contribution < -0.4 is 5.73 Å². The van der Waals surface area contributed by atoms with Gasteiger partial charge in [-0.3, -0.25) is 0 Å². The molecule has 50 valence electrons. The number of anilines is 1. The predicted molar refractivity (Wildman–Crippen MR) is 45.9 cm³/mol. The van der Waals surface area contributed by atoms with Crippen LogP contribution in [0, 0.1) is 0 Å². The number of thiol groups is 1. The fourth-order valence-corrected chi connectivity index (χ4v) is 0.622. The summed E-state index contributed by atoms with van der Waals surface area (Å²) in [6.07, 6.45) is 1.39. The van der Waals surface area contributed by atoms with Gasteiger partial charge in [-0.05, 0) is 0 Å². The molecule has 1 heterocycles. The topological polar surface area (TPSA) is 51.8 Å². The molecule has 1 aromatic rings. The average molecular weight is 186 g/mol. The molecule has 0 spiro atoms. The van der Waals surface area contributed by atoms with Crippen LogP contribution in [0.3, 0.4) is 0 Å². The van der Waals surface area contributed by atoms with E-state index in [2.05, 4.69) is 22.6 Å². The minimum absolute atomic E-state index is 0. The second-order valence-electron chi connectivity index (χ2n) is 1.40. The fourth-order valence-electron chi connectivity index (χ4n) is 0.374. The summed E-state index contributed by atoms with van der Waals surface area (Å²) in [7, 11) is 0. The fraction of sp³-hybridized carbons (Fsp3) is 0. The molecule has 0 aliphatic rings. The van der Waals surface area contributed by atoms with Crippen molar-refractivity contribution >= 4 is 59.6 Å². The Morgan fingerprint density at radius 1 is 1.60 bits per heavy atom. The van der Waals surface area contributed by atoms with Gasteiger partial charge in [0.25, 0.3) is 0 Å². The zero-order valence-corrected chi connectivity index (χ0v) is 6.02. The first-order chi connectivity index (χ1) is 4.20. The van der Waals surface area contributed by atoms with E-state index >= 15 is 0 Å². The average Bonchev–Trinajstić information content (AvgIpc) is 1.80. The number of halogens is 1. The Bertz CT molecular complexity index is 232. The number of nitrogens with two attached hydrogens (primary N) is 1. The number of aromatic nitrogens is 2. The molecule has 1 rings (SSSR count). The van der Waals surface area contributed by atoms with Gasteiger partial charge in [0.1, 0.15) is 10.2 Å². The first kappa shape index (κ1) is 10.5. The van der Waals surface area contributed by atoms with Crippen LogP contribution in [0.4, 0.5) is 5.82 Å². The standard InChI is InChI=1S/C4H4ClN3S.Na.H/c5-2-1-7-4(9)3(6)8-2;;/h1H,(H2,6,8)(H,7,9);;. The quantitative estimate of drug-likeness (QED) is 0.453. The van der Waals surface area contributed by atoms with Crippen LogP contribution in [0.5, 0.6) is 0 Å². The molecule has 0 amide bonds. The van der Waals surface area contributed by atoms with Crippen molar-refractivity contribution in [2.45, 2.75) is 5.03 Å². The summed E-state index contributed by atoms with van der Waals surface area (Å²) in [6, 6.07) is 0. The van der Waals surface area contributed by atoms with Crippen LogP contribution in [-0.2, 0) is 0 Å². The summed E-state index contributed by atoms with van der Waals surface area (Å²) in [4.78, 5) is 7.40. The molecule has 1 aromatic heterocycles. The maximum atomic E-state index is 5.43. The van der Waals surface area contributed by atoms with Crippen LogP contribution in [0.25, 0.3) is 0 Å². The molecule has 2 N–H and O–H groups in total. The van der Waals surface area contributed by atoms with Crippen LogP contribution in [-0.4, -0.2) is 39.5 Å². The van der Waals surface area contributed by atoms with Crippen LogP contribution in [0.1, 0.15) is 0 Å². The molecule has 0 fully saturated rings. The first-order valence-electron chi connectivity index (χ1n) is 2.17. The molecule has 10 heavy (non-hydrogen) atoms. The van der Waals surface area contributed by atoms with Crippen molar-refractivity contribution in [3.8, 4) is 0 Å². The summed E-state index contributed by atoms with van der Waals surface area (Å²) in [6.45, 7) is 0. The summed E-state index contributed by atoms with van der Waals surface area (Å²) in [5, 5.41) is 0.685. The van der Waals surface area contributed by atoms with Crippen LogP contribution >= 0.6 is 24.2 Å². The van der Waals surface area contributed by atoms with Gasteiger partial charge in [-0.1, -0.05) is 11.6 Å². The van der Waals surface area contributed by atoms with E-state index in [-0.39, 0.29) is 40.5 Å². The van der Waals surface area contributed by atoms with E-state index in [1.807, 2.05) is 0 Å². The Hall–Kier alpha value is 0.520. The summed E-state index contributed by atoms with van der Waals surface area (Å²) in [5.41, 5.74) is 5.29. The number of rotatable bonds is 0. The van der Waals surface area contributed by atoms with Gasteiger partial charge in [0.15, 0.2) is 5.82 Å². The number of hydrogen-bond donors (Lipinski definition) is 2. The molecule has 0 aliphatic carbocycles. The van der Waals surface area contributed by atoms with Gasteiger partial charge in [0.05, 0.1) is 6.20 Å². The van der Waals surface area contributed by atoms with Crippen molar-refractivity contribution in [2.75, 3.05) is 5.73 Å². The molecule has 0 unspecified atom stereocenters. The Labute approximate surface area is 91.1 Å². The monoisotopic (exact) mass is 185 g/mol. The van der Waals surface area contributed by atoms with Crippen molar-refractivity contribution in [3.05, 3.63) is 11.3 Å². The van der Waals surface area contributed by atoms with E-state index < -0.39 is 0 Å². The molecule has 3 nitrogen and oxygen atoms in total.